The molecular formula is C13H8Cl2NO3S2-. The molecule has 0 saturated carbocycles. The lowest BCUT2D eigenvalue weighted by Gasteiger charge is -2.14. The van der Waals surface area contributed by atoms with Crippen molar-refractivity contribution in [3.05, 3.63) is 38.7 Å². The molecule has 0 atom stereocenters. The zero-order chi connectivity index (χ0) is 15.6. The van der Waals surface area contributed by atoms with E-state index in [2.05, 4.69) is 0 Å². The molecule has 1 saturated heterocycles. The molecule has 0 N–H and O–H groups in total. The van der Waals surface area contributed by atoms with Crippen LogP contribution in [0.3, 0.4) is 0 Å². The van der Waals surface area contributed by atoms with E-state index < -0.39 is 5.97 Å². The number of carboxylic acids is 1. The van der Waals surface area contributed by atoms with Crippen molar-refractivity contribution in [2.75, 3.05) is 6.54 Å². The number of rotatable bonds is 4. The molecular weight excluding hydrogens is 353 g/mol. The van der Waals surface area contributed by atoms with Crippen molar-refractivity contribution >= 4 is 69.5 Å². The van der Waals surface area contributed by atoms with Crippen LogP contribution in [-0.2, 0) is 9.59 Å². The second-order valence-electron chi connectivity index (χ2n) is 4.09. The molecule has 1 fully saturated rings. The molecule has 1 amide bonds. The fraction of sp³-hybridized carbons (Fsp3) is 0.154. The Morgan fingerprint density at radius 1 is 1.38 bits per heavy atom. The number of thiocarbonyl (C=S) groups is 1. The number of carboxylic acid groups (broad SMARTS) is 1. The molecule has 0 aromatic heterocycles. The van der Waals surface area contributed by atoms with Gasteiger partial charge in [-0.25, -0.2) is 0 Å². The first-order valence-electron chi connectivity index (χ1n) is 5.79. The van der Waals surface area contributed by atoms with Gasteiger partial charge < -0.3 is 9.90 Å². The zero-order valence-corrected chi connectivity index (χ0v) is 13.6. The standard InChI is InChI=1S/C13H9Cl2NO3S2/c14-8-2-1-3-9(15)7(8)6-10-12(19)16(13(20)21-10)5-4-11(17)18/h1-3,6H,4-5H2,(H,17,18)/p-1. The van der Waals surface area contributed by atoms with Gasteiger partial charge in [0.25, 0.3) is 5.91 Å². The molecule has 1 aromatic carbocycles. The number of nitrogens with zero attached hydrogens (tertiary/aromatic N) is 1. The molecule has 0 unspecified atom stereocenters. The molecule has 110 valence electrons. The van der Waals surface area contributed by atoms with Crippen LogP contribution >= 0.6 is 47.2 Å². The Morgan fingerprint density at radius 3 is 2.57 bits per heavy atom. The minimum absolute atomic E-state index is 0.0133. The fourth-order valence-electron chi connectivity index (χ4n) is 1.68. The number of benzene rings is 1. The Balaban J connectivity index is 2.26. The molecule has 0 aliphatic carbocycles. The van der Waals surface area contributed by atoms with Gasteiger partial charge in [-0.2, -0.15) is 0 Å². The Kier molecular flexibility index (Phi) is 5.27. The quantitative estimate of drug-likeness (QED) is 0.609. The third kappa shape index (κ3) is 3.77. The average Bonchev–Trinajstić information content (AvgIpc) is 2.67. The van der Waals surface area contributed by atoms with Crippen LogP contribution in [0.1, 0.15) is 12.0 Å². The molecule has 0 spiro atoms. The van der Waals surface area contributed by atoms with Crippen LogP contribution in [-0.4, -0.2) is 27.6 Å². The van der Waals surface area contributed by atoms with Crippen molar-refractivity contribution < 1.29 is 14.7 Å². The van der Waals surface area contributed by atoms with E-state index in [4.69, 9.17) is 35.4 Å². The number of hydrogen-bond acceptors (Lipinski definition) is 5. The first-order chi connectivity index (χ1) is 9.90. The Labute approximate surface area is 140 Å². The Hall–Kier alpha value is -1.08. The van der Waals surface area contributed by atoms with E-state index in [1.165, 1.54) is 4.90 Å². The number of thioether (sulfide) groups is 1. The van der Waals surface area contributed by atoms with Crippen molar-refractivity contribution in [1.82, 2.24) is 4.90 Å². The first kappa shape index (κ1) is 16.3. The molecule has 0 radical (unpaired) electrons. The summed E-state index contributed by atoms with van der Waals surface area (Å²) in [6.07, 6.45) is 1.29. The largest absolute Gasteiger partial charge is 0.550 e. The minimum Gasteiger partial charge on any atom is -0.550 e. The SMILES string of the molecule is O=C([O-])CCN1C(=O)C(=Cc2c(Cl)cccc2Cl)SC1=S. The molecule has 1 aromatic rings. The zero-order valence-electron chi connectivity index (χ0n) is 10.5. The predicted molar refractivity (Wildman–Crippen MR) is 86.0 cm³/mol. The predicted octanol–water partition coefficient (Wildman–Crippen LogP) is 2.33. The van der Waals surface area contributed by atoms with Crippen molar-refractivity contribution in [2.24, 2.45) is 0 Å². The van der Waals surface area contributed by atoms with Crippen LogP contribution in [0.25, 0.3) is 6.08 Å². The van der Waals surface area contributed by atoms with Gasteiger partial charge in [0.1, 0.15) is 4.32 Å². The average molecular weight is 361 g/mol. The second kappa shape index (κ2) is 6.79. The molecule has 4 nitrogen and oxygen atoms in total. The number of carbonyl (C=O) groups excluding carboxylic acids is 2. The molecule has 2 rings (SSSR count). The summed E-state index contributed by atoms with van der Waals surface area (Å²) >= 11 is 18.3. The highest BCUT2D eigenvalue weighted by Crippen LogP contribution is 2.35. The van der Waals surface area contributed by atoms with Gasteiger partial charge >= 0.3 is 0 Å². The maximum Gasteiger partial charge on any atom is 0.266 e. The monoisotopic (exact) mass is 360 g/mol. The highest BCUT2D eigenvalue weighted by atomic mass is 35.5. The molecule has 1 aliphatic heterocycles. The normalized spacial score (nSPS) is 16.9. The van der Waals surface area contributed by atoms with Crippen LogP contribution in [0.5, 0.6) is 0 Å². The second-order valence-corrected chi connectivity index (χ2v) is 6.58. The number of halogens is 2. The van der Waals surface area contributed by atoms with Crippen LogP contribution in [0.15, 0.2) is 23.1 Å². The van der Waals surface area contributed by atoms with Gasteiger partial charge in [-0.05, 0) is 18.2 Å². The van der Waals surface area contributed by atoms with Crippen molar-refractivity contribution in [1.29, 1.82) is 0 Å². The summed E-state index contributed by atoms with van der Waals surface area (Å²) in [4.78, 5) is 24.3. The molecule has 1 heterocycles. The summed E-state index contributed by atoms with van der Waals surface area (Å²) in [6, 6.07) is 5.03. The number of hydrogen-bond donors (Lipinski definition) is 0. The highest BCUT2D eigenvalue weighted by molar-refractivity contribution is 8.26. The van der Waals surface area contributed by atoms with Gasteiger partial charge in [0.2, 0.25) is 0 Å². The van der Waals surface area contributed by atoms with E-state index in [0.717, 1.165) is 11.8 Å². The maximum atomic E-state index is 12.2. The summed E-state index contributed by atoms with van der Waals surface area (Å²) in [7, 11) is 0. The molecule has 1 aliphatic rings. The topological polar surface area (TPSA) is 60.4 Å². The van der Waals surface area contributed by atoms with Crippen molar-refractivity contribution in [2.45, 2.75) is 6.42 Å². The Morgan fingerprint density at radius 2 is 2.00 bits per heavy atom. The van der Waals surface area contributed by atoms with Gasteiger partial charge in [-0.15, -0.1) is 0 Å². The molecule has 21 heavy (non-hydrogen) atoms. The van der Waals surface area contributed by atoms with E-state index in [1.807, 2.05) is 0 Å². The molecule has 8 heteroatoms. The van der Waals surface area contributed by atoms with Crippen LogP contribution in [0.4, 0.5) is 0 Å². The first-order valence-corrected chi connectivity index (χ1v) is 7.77. The number of carbonyl (C=O) groups is 2. The van der Waals surface area contributed by atoms with Crippen LogP contribution < -0.4 is 5.11 Å². The third-order valence-electron chi connectivity index (χ3n) is 2.69. The fourth-order valence-corrected chi connectivity index (χ4v) is 3.47. The third-order valence-corrected chi connectivity index (χ3v) is 4.73. The summed E-state index contributed by atoms with van der Waals surface area (Å²) < 4.78 is 0.302. The summed E-state index contributed by atoms with van der Waals surface area (Å²) in [5, 5.41) is 11.3. The van der Waals surface area contributed by atoms with E-state index in [9.17, 15) is 14.7 Å². The van der Waals surface area contributed by atoms with Crippen LogP contribution in [0.2, 0.25) is 10.0 Å². The van der Waals surface area contributed by atoms with Gasteiger partial charge in [-0.3, -0.25) is 9.69 Å². The van der Waals surface area contributed by atoms with Gasteiger partial charge in [0, 0.05) is 34.5 Å². The summed E-state index contributed by atoms with van der Waals surface area (Å²) in [5.41, 5.74) is 0.529. The number of aliphatic carboxylic acids is 1. The Bertz CT molecular complexity index is 641. The lowest BCUT2D eigenvalue weighted by molar-refractivity contribution is -0.305. The van der Waals surface area contributed by atoms with Crippen molar-refractivity contribution in [3.63, 3.8) is 0 Å². The minimum atomic E-state index is -1.23. The smallest absolute Gasteiger partial charge is 0.266 e. The van der Waals surface area contributed by atoms with Crippen LogP contribution in [0, 0.1) is 0 Å². The summed E-state index contributed by atoms with van der Waals surface area (Å²) in [5.74, 6) is -1.59. The van der Waals surface area contributed by atoms with Crippen molar-refractivity contribution in [3.8, 4) is 0 Å². The van der Waals surface area contributed by atoms with Gasteiger partial charge in [-0.1, -0.05) is 53.2 Å². The maximum absolute atomic E-state index is 12.2. The van der Waals surface area contributed by atoms with Gasteiger partial charge in [0.15, 0.2) is 0 Å². The highest BCUT2D eigenvalue weighted by Gasteiger charge is 2.31. The van der Waals surface area contributed by atoms with Gasteiger partial charge in [0.05, 0.1) is 4.91 Å². The van der Waals surface area contributed by atoms with E-state index in [1.54, 1.807) is 24.3 Å². The van der Waals surface area contributed by atoms with E-state index in [0.29, 0.717) is 24.8 Å². The van der Waals surface area contributed by atoms with E-state index >= 15 is 0 Å². The number of amides is 1. The lowest BCUT2D eigenvalue weighted by atomic mass is 10.2. The molecule has 0 bridgehead atoms. The summed E-state index contributed by atoms with van der Waals surface area (Å²) in [6.45, 7) is -0.0133. The lowest BCUT2D eigenvalue weighted by Crippen LogP contribution is -2.33. The van der Waals surface area contributed by atoms with E-state index in [-0.39, 0.29) is 18.9 Å².